The molecule has 108 heavy (non-hydrogen) atoms. The van der Waals surface area contributed by atoms with Gasteiger partial charge in [0.2, 0.25) is 17.7 Å². The third kappa shape index (κ3) is 30.3. The molecule has 0 radical (unpaired) electrons. The van der Waals surface area contributed by atoms with E-state index in [9.17, 15) is 116 Å². The van der Waals surface area contributed by atoms with Crippen molar-refractivity contribution in [2.45, 2.75) is 384 Å². The summed E-state index contributed by atoms with van der Waals surface area (Å²) in [6.45, 7) is -1.07. The zero-order chi connectivity index (χ0) is 80.1. The van der Waals surface area contributed by atoms with Gasteiger partial charge in [-0.25, -0.2) is 9.59 Å². The summed E-state index contributed by atoms with van der Waals surface area (Å²) >= 11 is 0. The molecule has 0 aromatic carbocycles. The zero-order valence-corrected chi connectivity index (χ0v) is 63.5. The molecule has 4 rings (SSSR count). The van der Waals surface area contributed by atoms with Crippen LogP contribution in [0.4, 0.5) is 0 Å². The van der Waals surface area contributed by atoms with Gasteiger partial charge in [-0.1, -0.05) is 194 Å². The predicted molar refractivity (Wildman–Crippen MR) is 381 cm³/mol. The lowest BCUT2D eigenvalue weighted by atomic mass is 9.88. The van der Waals surface area contributed by atoms with Crippen molar-refractivity contribution in [3.05, 3.63) is 0 Å². The quantitative estimate of drug-likeness (QED) is 0.0322. The van der Waals surface area contributed by atoms with Gasteiger partial charge in [-0.05, 0) is 12.8 Å². The van der Waals surface area contributed by atoms with Crippen molar-refractivity contribution in [1.29, 1.82) is 0 Å². The maximum Gasteiger partial charge on any atom is 0.364 e. The van der Waals surface area contributed by atoms with Gasteiger partial charge in [0, 0.05) is 26.9 Å². The lowest BCUT2D eigenvalue weighted by Crippen LogP contribution is -2.71. The minimum atomic E-state index is -3.39. The number of carbonyl (C=O) groups excluding carboxylic acids is 3. The van der Waals surface area contributed by atoms with Gasteiger partial charge in [-0.3, -0.25) is 14.4 Å². The topological polar surface area (TPSA) is 569 Å². The Morgan fingerprint density at radius 2 is 0.963 bits per heavy atom. The number of carboxylic acids is 2. The number of hydrogen-bond acceptors (Lipinski definition) is 30. The molecule has 4 aliphatic heterocycles. The van der Waals surface area contributed by atoms with Crippen molar-refractivity contribution in [3.63, 3.8) is 0 Å². The summed E-state index contributed by atoms with van der Waals surface area (Å²) in [4.78, 5) is 65.8. The molecule has 26 atom stereocenters. The van der Waals surface area contributed by atoms with Crippen LogP contribution in [0.3, 0.4) is 0 Å². The van der Waals surface area contributed by atoms with Crippen LogP contribution in [-0.4, -0.2) is 327 Å². The number of aliphatic hydroxyl groups is 16. The first-order valence-electron chi connectivity index (χ1n) is 39.3. The molecule has 0 aliphatic carbocycles. The number of nitrogens with one attached hydrogen (secondary N) is 3. The molecule has 0 unspecified atom stereocenters. The largest absolute Gasteiger partial charge is 0.477 e. The summed E-state index contributed by atoms with van der Waals surface area (Å²) in [6, 6.07) is -5.10. The Hall–Kier alpha value is -3.65. The zero-order valence-electron chi connectivity index (χ0n) is 63.5. The second-order valence-corrected chi connectivity index (χ2v) is 29.5. The average molecular weight is 1560 g/mol. The smallest absolute Gasteiger partial charge is 0.364 e. The van der Waals surface area contributed by atoms with E-state index in [0.29, 0.717) is 12.8 Å². The summed E-state index contributed by atoms with van der Waals surface area (Å²) in [5, 5.41) is 206. The third-order valence-electron chi connectivity index (χ3n) is 20.9. The fourth-order valence-electron chi connectivity index (χ4n) is 14.3. The number of hydrogen-bond donors (Lipinski definition) is 21. The van der Waals surface area contributed by atoms with Crippen molar-refractivity contribution in [2.24, 2.45) is 0 Å². The SMILES string of the molecule is CCCCCCCCCCCCCCCCCCC[C@@H](O)C(=O)N[C@@H](CO[C@@H]1O[C@H](CO)[C@@H](O[C@@H]2O[C@H](CO)[C@H](O)[C@H](O[C@]3(C(=O)O)C[C@H](O)[C@@H](NC(=O)CO[C@]4(C(=O)O)C[C@H](O)[C@@H](NC(C)=O)[C@H]([C@H](O)[C@@H](CO)OC)O4)[C@H]([C@H](O)[C@H](O)CO)O3)[C@H]2O)[C@H](O)[C@H]1O)[C@H](O)[C@H](O)CCCCCCCCCCCCC. The average Bonchev–Trinajstić information content (AvgIpc) is 0.755. The minimum Gasteiger partial charge on any atom is -0.477 e. The van der Waals surface area contributed by atoms with Crippen LogP contribution in [-0.2, 0) is 66.6 Å². The van der Waals surface area contributed by atoms with Crippen molar-refractivity contribution in [2.75, 3.05) is 46.8 Å². The fourth-order valence-corrected chi connectivity index (χ4v) is 14.3. The van der Waals surface area contributed by atoms with Gasteiger partial charge in [-0.15, -0.1) is 0 Å². The van der Waals surface area contributed by atoms with Crippen LogP contribution in [0.25, 0.3) is 0 Å². The highest BCUT2D eigenvalue weighted by Gasteiger charge is 2.61. The van der Waals surface area contributed by atoms with E-state index in [2.05, 4.69) is 29.8 Å². The van der Waals surface area contributed by atoms with E-state index in [4.69, 9.17) is 42.6 Å². The molecule has 35 heteroatoms. The number of ether oxygens (including phenoxy) is 9. The Labute approximate surface area is 633 Å². The van der Waals surface area contributed by atoms with Crippen molar-refractivity contribution in [3.8, 4) is 0 Å². The monoisotopic (exact) mass is 1560 g/mol. The molecule has 0 aromatic heterocycles. The summed E-state index contributed by atoms with van der Waals surface area (Å²) in [7, 11) is 1.06. The van der Waals surface area contributed by atoms with Gasteiger partial charge in [0.15, 0.2) is 12.6 Å². The van der Waals surface area contributed by atoms with Crippen molar-refractivity contribution >= 4 is 29.7 Å². The highest BCUT2D eigenvalue weighted by atomic mass is 16.8. The van der Waals surface area contributed by atoms with E-state index in [0.717, 1.165) is 78.2 Å². The minimum absolute atomic E-state index is 0.0895. The molecule has 4 fully saturated rings. The van der Waals surface area contributed by atoms with Crippen LogP contribution >= 0.6 is 0 Å². The molecule has 21 N–H and O–H groups in total. The van der Waals surface area contributed by atoms with Crippen LogP contribution in [0, 0.1) is 0 Å². The number of carboxylic acid groups (broad SMARTS) is 2. The number of methoxy groups -OCH3 is 1. The molecule has 35 nitrogen and oxygen atoms in total. The summed E-state index contributed by atoms with van der Waals surface area (Å²) in [5.41, 5.74) is 0. The third-order valence-corrected chi connectivity index (χ3v) is 20.9. The Morgan fingerprint density at radius 1 is 0.509 bits per heavy atom. The van der Waals surface area contributed by atoms with Gasteiger partial charge >= 0.3 is 11.9 Å². The number of unbranched alkanes of at least 4 members (excludes halogenated alkanes) is 26. The molecule has 0 spiro atoms. The Bertz CT molecular complexity index is 2500. The Balaban J connectivity index is 1.46. The number of carbonyl (C=O) groups is 5. The first-order valence-corrected chi connectivity index (χ1v) is 39.3. The first-order chi connectivity index (χ1) is 51.6. The van der Waals surface area contributed by atoms with E-state index in [1.807, 2.05) is 0 Å². The lowest BCUT2D eigenvalue weighted by molar-refractivity contribution is -0.386. The van der Waals surface area contributed by atoms with Gasteiger partial charge in [0.25, 0.3) is 11.6 Å². The van der Waals surface area contributed by atoms with Crippen molar-refractivity contribution < 1.29 is 159 Å². The van der Waals surface area contributed by atoms with Gasteiger partial charge in [-0.2, -0.15) is 0 Å². The standard InChI is InChI=1S/C73H133N3O32/c1-5-7-9-11-13-15-17-18-19-20-21-22-24-26-28-30-32-34-46(83)67(95)75-44(56(88)45(82)33-31-29-27-25-23-16-14-12-10-8-6-2)41-101-68-61(93)60(92)63(52(40-80)104-68)105-69-62(94)66(59(91)51(39-79)103-69)108-73(71(98)99)36-48(85)55(64(107-73)57(89)49(86)37-77)76-53(87)42-102-72(70(96)97)35-47(84)54(74-43(3)81)65(106-72)58(90)50(38-78)100-4/h44-52,54-66,68-69,77-80,82-86,88-94H,5-42H2,1-4H3,(H,74,81)(H,75,95)(H,76,87)(H,96,97)(H,98,99)/t44-,45+,46+,47-,48-,49+,50+,51+,52+,54+,55+,56-,57+,58+,59-,60+,61+,62+,63+,64+,65+,66-,68+,69-,72+,73-/m0/s1. The van der Waals surface area contributed by atoms with E-state index in [-0.39, 0.29) is 12.8 Å². The Morgan fingerprint density at radius 3 is 1.43 bits per heavy atom. The predicted octanol–water partition coefficient (Wildman–Crippen LogP) is -1.09. The van der Waals surface area contributed by atoms with E-state index < -0.39 is 240 Å². The summed E-state index contributed by atoms with van der Waals surface area (Å²) in [6.07, 6.45) is -14.0. The molecule has 4 heterocycles. The van der Waals surface area contributed by atoms with Crippen LogP contribution in [0.15, 0.2) is 0 Å². The number of amides is 3. The van der Waals surface area contributed by atoms with Crippen LogP contribution in [0.1, 0.15) is 226 Å². The normalized spacial score (nSPS) is 31.2. The fraction of sp³-hybridized carbons (Fsp3) is 0.932. The number of aliphatic hydroxyl groups excluding tert-OH is 16. The van der Waals surface area contributed by atoms with Crippen LogP contribution in [0.5, 0.6) is 0 Å². The highest BCUT2D eigenvalue weighted by Crippen LogP contribution is 2.40. The highest BCUT2D eigenvalue weighted by molar-refractivity contribution is 5.81. The maximum absolute atomic E-state index is 13.8. The molecule has 632 valence electrons. The van der Waals surface area contributed by atoms with Gasteiger partial charge < -0.3 is 150 Å². The molecule has 3 amide bonds. The van der Waals surface area contributed by atoms with Crippen LogP contribution in [0.2, 0.25) is 0 Å². The number of aliphatic carboxylic acids is 2. The van der Waals surface area contributed by atoms with Crippen molar-refractivity contribution in [1.82, 2.24) is 16.0 Å². The van der Waals surface area contributed by atoms with Crippen LogP contribution < -0.4 is 16.0 Å². The first kappa shape index (κ1) is 96.7. The summed E-state index contributed by atoms with van der Waals surface area (Å²) < 4.78 is 50.9. The molecular formula is C73H133N3O32. The maximum atomic E-state index is 13.8. The van der Waals surface area contributed by atoms with E-state index >= 15 is 0 Å². The van der Waals surface area contributed by atoms with E-state index in [1.54, 1.807) is 0 Å². The second-order valence-electron chi connectivity index (χ2n) is 29.5. The molecule has 4 saturated heterocycles. The number of rotatable bonds is 57. The van der Waals surface area contributed by atoms with E-state index in [1.165, 1.54) is 103 Å². The Kier molecular flexibility index (Phi) is 45.9. The van der Waals surface area contributed by atoms with Gasteiger partial charge in [0.05, 0.1) is 69.5 Å². The van der Waals surface area contributed by atoms with Gasteiger partial charge in [0.1, 0.15) is 104 Å². The second kappa shape index (κ2) is 51.2. The lowest BCUT2D eigenvalue weighted by Gasteiger charge is -2.50. The molecule has 0 bridgehead atoms. The molecule has 4 aliphatic rings. The summed E-state index contributed by atoms with van der Waals surface area (Å²) in [5.74, 6) is -13.7. The molecule has 0 aromatic rings. The molecular weight excluding hydrogens is 1430 g/mol. The molecule has 0 saturated carbocycles.